The molecule has 0 aliphatic carbocycles. The lowest BCUT2D eigenvalue weighted by Gasteiger charge is -2.20. The highest BCUT2D eigenvalue weighted by molar-refractivity contribution is 9.10. The molecule has 204 valence electrons. The number of H-pyrrole nitrogens is 2. The fourth-order valence-electron chi connectivity index (χ4n) is 3.79. The first-order valence-electron chi connectivity index (χ1n) is 10.7. The number of aromatic amines is 2. The number of phosphoric ester groups is 1. The van der Waals surface area contributed by atoms with E-state index in [1.165, 1.54) is 12.4 Å². The van der Waals surface area contributed by atoms with E-state index >= 15 is 0 Å². The molecule has 19 heteroatoms. The van der Waals surface area contributed by atoms with E-state index in [4.69, 9.17) is 18.5 Å². The highest BCUT2D eigenvalue weighted by Gasteiger charge is 2.40. The number of phosphoric acid groups is 1. The minimum Gasteiger partial charge on any atom is -0.390 e. The van der Waals surface area contributed by atoms with E-state index in [0.29, 0.717) is 0 Å². The van der Waals surface area contributed by atoms with Crippen molar-refractivity contribution in [2.45, 2.75) is 49.7 Å². The zero-order valence-corrected chi connectivity index (χ0v) is 22.6. The molecule has 0 spiro atoms. The second-order valence-electron chi connectivity index (χ2n) is 8.21. The van der Waals surface area contributed by atoms with Crippen LogP contribution in [0.4, 0.5) is 0 Å². The van der Waals surface area contributed by atoms with E-state index in [0.717, 1.165) is 9.13 Å². The summed E-state index contributed by atoms with van der Waals surface area (Å²) in [5, 5.41) is 20.5. The molecule has 0 saturated carbocycles. The van der Waals surface area contributed by atoms with Crippen LogP contribution in [0.25, 0.3) is 0 Å². The van der Waals surface area contributed by atoms with Crippen molar-refractivity contribution in [1.29, 1.82) is 0 Å². The summed E-state index contributed by atoms with van der Waals surface area (Å²) >= 11 is 5.99. The predicted octanol–water partition coefficient (Wildman–Crippen LogP) is -0.958. The van der Waals surface area contributed by atoms with Gasteiger partial charge in [0.05, 0.1) is 34.4 Å². The van der Waals surface area contributed by atoms with Gasteiger partial charge in [0.1, 0.15) is 24.7 Å². The van der Waals surface area contributed by atoms with Crippen molar-refractivity contribution in [3.05, 3.63) is 63.0 Å². The molecule has 2 aromatic heterocycles. The summed E-state index contributed by atoms with van der Waals surface area (Å²) in [6.07, 6.45) is -4.22. The average molecular weight is 676 g/mol. The van der Waals surface area contributed by atoms with Crippen LogP contribution in [0.3, 0.4) is 0 Å². The molecule has 2 aliphatic rings. The van der Waals surface area contributed by atoms with Crippen molar-refractivity contribution in [3.63, 3.8) is 0 Å². The van der Waals surface area contributed by atoms with Gasteiger partial charge in [-0.1, -0.05) is 0 Å². The Morgan fingerprint density at radius 3 is 1.62 bits per heavy atom. The molecule has 0 amide bonds. The van der Waals surface area contributed by atoms with E-state index in [1.807, 2.05) is 0 Å². The number of aromatic nitrogens is 4. The monoisotopic (exact) mass is 674 g/mol. The molecular weight excluding hydrogens is 655 g/mol. The molecule has 0 aromatic carbocycles. The fraction of sp³-hybridized carbons (Fsp3) is 0.556. The Labute approximate surface area is 222 Å². The molecule has 4 rings (SSSR count). The normalized spacial score (nSPS) is 29.4. The number of halogens is 2. The number of hydrogen-bond donors (Lipinski definition) is 5. The van der Waals surface area contributed by atoms with Crippen LogP contribution in [0, 0.1) is 0 Å². The third-order valence-electron chi connectivity index (χ3n) is 5.68. The molecule has 0 radical (unpaired) electrons. The van der Waals surface area contributed by atoms with E-state index in [-0.39, 0.29) is 21.8 Å². The zero-order valence-electron chi connectivity index (χ0n) is 18.6. The first kappa shape index (κ1) is 28.3. The van der Waals surface area contributed by atoms with Crippen molar-refractivity contribution in [1.82, 2.24) is 19.1 Å². The summed E-state index contributed by atoms with van der Waals surface area (Å²) in [5.41, 5.74) is -2.82. The molecule has 2 fully saturated rings. The molecule has 5 N–H and O–H groups in total. The predicted molar refractivity (Wildman–Crippen MR) is 129 cm³/mol. The lowest BCUT2D eigenvalue weighted by molar-refractivity contribution is -0.0582. The van der Waals surface area contributed by atoms with Gasteiger partial charge >= 0.3 is 19.2 Å². The first-order chi connectivity index (χ1) is 17.3. The molecule has 2 saturated heterocycles. The summed E-state index contributed by atoms with van der Waals surface area (Å²) in [4.78, 5) is 61.3. The molecule has 4 heterocycles. The molecule has 0 bridgehead atoms. The van der Waals surface area contributed by atoms with Crippen molar-refractivity contribution in [2.24, 2.45) is 0 Å². The Bertz CT molecular complexity index is 1340. The van der Waals surface area contributed by atoms with Crippen molar-refractivity contribution >= 4 is 39.7 Å². The molecular formula is C18H21Br2N4O12P. The lowest BCUT2D eigenvalue weighted by Crippen LogP contribution is -2.33. The van der Waals surface area contributed by atoms with Crippen LogP contribution in [-0.4, -0.2) is 71.8 Å². The number of aliphatic hydroxyl groups is 2. The minimum atomic E-state index is -4.71. The summed E-state index contributed by atoms with van der Waals surface area (Å²) in [6.45, 7) is -1.16. The van der Waals surface area contributed by atoms with E-state index in [9.17, 15) is 38.8 Å². The summed E-state index contributed by atoms with van der Waals surface area (Å²) in [6, 6.07) is 0. The van der Waals surface area contributed by atoms with Crippen LogP contribution >= 0.6 is 39.7 Å². The molecule has 6 atom stereocenters. The number of nitrogens with zero attached hydrogens (tertiary/aromatic N) is 2. The lowest BCUT2D eigenvalue weighted by atomic mass is 10.2. The number of aliphatic hydroxyl groups excluding tert-OH is 2. The largest absolute Gasteiger partial charge is 0.472 e. The van der Waals surface area contributed by atoms with Gasteiger partial charge < -0.3 is 24.6 Å². The van der Waals surface area contributed by atoms with Crippen LogP contribution in [0.2, 0.25) is 0 Å². The topological polar surface area (TPSA) is 224 Å². The van der Waals surface area contributed by atoms with Crippen molar-refractivity contribution < 1.29 is 38.2 Å². The highest BCUT2D eigenvalue weighted by Crippen LogP contribution is 2.45. The Kier molecular flexibility index (Phi) is 8.54. The number of nitrogens with one attached hydrogen (secondary N) is 2. The second-order valence-corrected chi connectivity index (χ2v) is 11.4. The van der Waals surface area contributed by atoms with Gasteiger partial charge in [-0.2, -0.15) is 0 Å². The SMILES string of the molecule is O=c1[nH]c(=O)n(C2CC(O)C(COP(=O)(O)OCC3OC(n4cc(Br)c(=O)[nH]c4=O)CC3O)O2)cc1Br. The molecule has 2 aromatic rings. The van der Waals surface area contributed by atoms with Gasteiger partial charge in [-0.3, -0.25) is 37.7 Å². The first-order valence-corrected chi connectivity index (χ1v) is 13.7. The third kappa shape index (κ3) is 6.47. The Hall–Kier alpha value is -1.73. The number of rotatable bonds is 8. The second kappa shape index (κ2) is 11.2. The van der Waals surface area contributed by atoms with Gasteiger partial charge in [-0.05, 0) is 31.9 Å². The Morgan fingerprint density at radius 1 is 0.865 bits per heavy atom. The van der Waals surface area contributed by atoms with E-state index in [1.54, 1.807) is 0 Å². The van der Waals surface area contributed by atoms with Crippen LogP contribution in [0.5, 0.6) is 0 Å². The van der Waals surface area contributed by atoms with Gasteiger partial charge in [0, 0.05) is 25.2 Å². The maximum atomic E-state index is 12.4. The van der Waals surface area contributed by atoms with Crippen molar-refractivity contribution in [2.75, 3.05) is 13.2 Å². The van der Waals surface area contributed by atoms with Crippen LogP contribution in [-0.2, 0) is 23.1 Å². The van der Waals surface area contributed by atoms with Gasteiger partial charge in [0.25, 0.3) is 11.1 Å². The van der Waals surface area contributed by atoms with Crippen LogP contribution in [0.15, 0.2) is 40.5 Å². The molecule has 2 aliphatic heterocycles. The molecule has 37 heavy (non-hydrogen) atoms. The number of hydrogen-bond acceptors (Lipinski definition) is 11. The summed E-state index contributed by atoms with van der Waals surface area (Å²) in [7, 11) is -4.71. The zero-order chi connectivity index (χ0) is 27.1. The maximum Gasteiger partial charge on any atom is 0.472 e. The van der Waals surface area contributed by atoms with E-state index in [2.05, 4.69) is 41.8 Å². The summed E-state index contributed by atoms with van der Waals surface area (Å²) in [5.74, 6) is 0. The minimum absolute atomic E-state index is 0.0628. The van der Waals surface area contributed by atoms with Crippen LogP contribution < -0.4 is 22.5 Å². The number of ether oxygens (including phenoxy) is 2. The van der Waals surface area contributed by atoms with Crippen LogP contribution in [0.1, 0.15) is 25.3 Å². The standard InChI is InChI=1S/C18H21Br2N4O12P/c19-7-3-23(17(29)21-15(7)27)13-1-9(25)11(35-13)5-33-37(31,32)34-6-12-10(26)2-14(36-12)24-4-8(20)16(28)22-18(24)30/h3-4,9-14,25-26H,1-2,5-6H2,(H,31,32)(H,21,27,29)(H,22,28,30). The van der Waals surface area contributed by atoms with E-state index < -0.39 is 80.4 Å². The Morgan fingerprint density at radius 2 is 1.24 bits per heavy atom. The van der Waals surface area contributed by atoms with Gasteiger partial charge in [-0.15, -0.1) is 0 Å². The summed E-state index contributed by atoms with van der Waals surface area (Å²) < 4.78 is 35.5. The highest BCUT2D eigenvalue weighted by atomic mass is 79.9. The quantitative estimate of drug-likeness (QED) is 0.213. The van der Waals surface area contributed by atoms with Gasteiger partial charge in [-0.25, -0.2) is 14.2 Å². The van der Waals surface area contributed by atoms with Gasteiger partial charge in [0.2, 0.25) is 0 Å². The maximum absolute atomic E-state index is 12.4. The van der Waals surface area contributed by atoms with Gasteiger partial charge in [0.15, 0.2) is 0 Å². The smallest absolute Gasteiger partial charge is 0.390 e. The molecule has 16 nitrogen and oxygen atoms in total. The Balaban J connectivity index is 1.31. The van der Waals surface area contributed by atoms with Crippen molar-refractivity contribution in [3.8, 4) is 0 Å². The molecule has 6 unspecified atom stereocenters. The average Bonchev–Trinajstić information content (AvgIpc) is 3.38. The fourth-order valence-corrected chi connectivity index (χ4v) is 5.18. The third-order valence-corrected chi connectivity index (χ3v) is 7.76.